The Kier molecular flexibility index (Phi) is 4.71. The van der Waals surface area contributed by atoms with Gasteiger partial charge in [-0.3, -0.25) is 4.68 Å². The molecule has 3 rings (SSSR count). The molecule has 0 N–H and O–H groups in total. The second-order valence-electron chi connectivity index (χ2n) is 5.96. The van der Waals surface area contributed by atoms with Gasteiger partial charge in [0.05, 0.1) is 31.8 Å². The van der Waals surface area contributed by atoms with Crippen molar-refractivity contribution < 1.29 is 27.4 Å². The van der Waals surface area contributed by atoms with E-state index in [-0.39, 0.29) is 18.6 Å². The first-order chi connectivity index (χ1) is 11.4. The lowest BCUT2D eigenvalue weighted by molar-refractivity contribution is -0.210. The van der Waals surface area contributed by atoms with Crippen molar-refractivity contribution in [3.8, 4) is 0 Å². The average Bonchev–Trinajstić information content (AvgIpc) is 2.90. The highest BCUT2D eigenvalue weighted by Crippen LogP contribution is 2.48. The minimum absolute atomic E-state index is 0.0929. The minimum atomic E-state index is -4.25. The number of hydrogen-bond acceptors (Lipinski definition) is 5. The smallest absolute Gasteiger partial charge is 0.393 e. The molecule has 2 aliphatic rings. The van der Waals surface area contributed by atoms with Gasteiger partial charge in [-0.05, 0) is 19.8 Å². The van der Waals surface area contributed by atoms with E-state index in [9.17, 15) is 18.0 Å². The Morgan fingerprint density at radius 3 is 2.62 bits per heavy atom. The summed E-state index contributed by atoms with van der Waals surface area (Å²) in [5.41, 5.74) is 0.214. The highest BCUT2D eigenvalue weighted by Gasteiger charge is 2.51. The van der Waals surface area contributed by atoms with E-state index in [0.29, 0.717) is 38.5 Å². The molecule has 1 aliphatic heterocycles. The quantitative estimate of drug-likeness (QED) is 0.783. The van der Waals surface area contributed by atoms with E-state index < -0.39 is 24.1 Å². The van der Waals surface area contributed by atoms with Crippen molar-refractivity contribution in [1.29, 1.82) is 0 Å². The molecule has 9 heteroatoms. The lowest BCUT2D eigenvalue weighted by Gasteiger charge is -2.37. The molecule has 0 aromatic carbocycles. The molecule has 2 fully saturated rings. The van der Waals surface area contributed by atoms with Crippen LogP contribution in [0.4, 0.5) is 19.0 Å². The number of anilines is 1. The van der Waals surface area contributed by atoms with Gasteiger partial charge < -0.3 is 14.4 Å². The van der Waals surface area contributed by atoms with Gasteiger partial charge in [0.25, 0.3) is 0 Å². The first kappa shape index (κ1) is 17.1. The predicted molar refractivity (Wildman–Crippen MR) is 79.0 cm³/mol. The standard InChI is InChI=1S/C15H20F3N3O3/c1-2-24-14(22)10-9-21(12-4-3-11(12)15(16,17)18)19-13(10)20-5-7-23-8-6-20/h9,11-12H,2-8H2,1H3. The number of alkyl halides is 3. The number of rotatable bonds is 4. The van der Waals surface area contributed by atoms with Crippen LogP contribution in [0.1, 0.15) is 36.2 Å². The molecule has 1 saturated carbocycles. The minimum Gasteiger partial charge on any atom is -0.462 e. The molecule has 0 radical (unpaired) electrons. The van der Waals surface area contributed by atoms with Crippen LogP contribution < -0.4 is 4.90 Å². The van der Waals surface area contributed by atoms with Crippen LogP contribution in [0.25, 0.3) is 0 Å². The van der Waals surface area contributed by atoms with Crippen LogP contribution >= 0.6 is 0 Å². The van der Waals surface area contributed by atoms with Crippen LogP contribution in [-0.2, 0) is 9.47 Å². The normalized spacial score (nSPS) is 24.6. The SMILES string of the molecule is CCOC(=O)c1cn(C2CCC2C(F)(F)F)nc1N1CCOCC1. The maximum atomic E-state index is 13.0. The number of aromatic nitrogens is 2. The van der Waals surface area contributed by atoms with E-state index in [1.807, 2.05) is 4.90 Å². The number of carbonyl (C=O) groups excluding carboxylic acids is 1. The van der Waals surface area contributed by atoms with Crippen LogP contribution in [0.15, 0.2) is 6.20 Å². The molecular weight excluding hydrogens is 327 g/mol. The number of carbonyl (C=O) groups is 1. The number of ether oxygens (including phenoxy) is 2. The third-order valence-electron chi connectivity index (χ3n) is 4.52. The van der Waals surface area contributed by atoms with Gasteiger partial charge in [-0.25, -0.2) is 4.79 Å². The number of nitrogens with zero attached hydrogens (tertiary/aromatic N) is 3. The third kappa shape index (κ3) is 3.22. The maximum absolute atomic E-state index is 13.0. The van der Waals surface area contributed by atoms with Crippen LogP contribution in [0, 0.1) is 5.92 Å². The van der Waals surface area contributed by atoms with Crippen LogP contribution in [0.3, 0.4) is 0 Å². The Bertz CT molecular complexity index is 597. The van der Waals surface area contributed by atoms with Crippen molar-refractivity contribution >= 4 is 11.8 Å². The Morgan fingerprint density at radius 1 is 1.38 bits per heavy atom. The number of hydrogen-bond donors (Lipinski definition) is 0. The number of halogens is 3. The van der Waals surface area contributed by atoms with Gasteiger partial charge in [-0.1, -0.05) is 0 Å². The molecule has 24 heavy (non-hydrogen) atoms. The summed E-state index contributed by atoms with van der Waals surface area (Å²) < 4.78 is 50.6. The molecule has 0 spiro atoms. The number of morpholine rings is 1. The van der Waals surface area contributed by atoms with E-state index >= 15 is 0 Å². The Hall–Kier alpha value is -1.77. The van der Waals surface area contributed by atoms with Crippen molar-refractivity contribution in [1.82, 2.24) is 9.78 Å². The second-order valence-corrected chi connectivity index (χ2v) is 5.96. The average molecular weight is 347 g/mol. The summed E-state index contributed by atoms with van der Waals surface area (Å²) in [5.74, 6) is -1.59. The molecule has 2 unspecified atom stereocenters. The van der Waals surface area contributed by atoms with E-state index in [4.69, 9.17) is 9.47 Å². The first-order valence-corrected chi connectivity index (χ1v) is 8.07. The zero-order chi connectivity index (χ0) is 17.3. The van der Waals surface area contributed by atoms with Gasteiger partial charge in [0.1, 0.15) is 5.56 Å². The molecule has 0 amide bonds. The molecule has 0 bridgehead atoms. The summed E-state index contributed by atoms with van der Waals surface area (Å²) in [5, 5.41) is 4.31. The topological polar surface area (TPSA) is 56.6 Å². The fourth-order valence-electron chi connectivity index (χ4n) is 3.09. The van der Waals surface area contributed by atoms with E-state index in [1.165, 1.54) is 10.9 Å². The molecule has 1 saturated heterocycles. The molecule has 1 aromatic heterocycles. The summed E-state index contributed by atoms with van der Waals surface area (Å²) >= 11 is 0. The Morgan fingerprint density at radius 2 is 2.08 bits per heavy atom. The fourth-order valence-corrected chi connectivity index (χ4v) is 3.09. The van der Waals surface area contributed by atoms with Gasteiger partial charge in [0, 0.05) is 19.3 Å². The summed E-state index contributed by atoms with van der Waals surface area (Å²) in [7, 11) is 0. The van der Waals surface area contributed by atoms with Crippen molar-refractivity contribution in [2.75, 3.05) is 37.8 Å². The highest BCUT2D eigenvalue weighted by atomic mass is 19.4. The number of esters is 1. The molecule has 2 atom stereocenters. The molecule has 6 nitrogen and oxygen atoms in total. The van der Waals surface area contributed by atoms with Crippen LogP contribution in [0.2, 0.25) is 0 Å². The summed E-state index contributed by atoms with van der Waals surface area (Å²) in [6.45, 7) is 3.94. The molecule has 2 heterocycles. The Labute approximate surface area is 137 Å². The summed E-state index contributed by atoms with van der Waals surface area (Å²) in [6, 6.07) is -0.757. The van der Waals surface area contributed by atoms with E-state index in [0.717, 1.165) is 0 Å². The second kappa shape index (κ2) is 6.62. The summed E-state index contributed by atoms with van der Waals surface area (Å²) in [4.78, 5) is 14.0. The van der Waals surface area contributed by atoms with E-state index in [2.05, 4.69) is 5.10 Å². The van der Waals surface area contributed by atoms with E-state index in [1.54, 1.807) is 6.92 Å². The molecule has 1 aromatic rings. The van der Waals surface area contributed by atoms with Gasteiger partial charge in [0.2, 0.25) is 0 Å². The monoisotopic (exact) mass is 347 g/mol. The lowest BCUT2D eigenvalue weighted by Crippen LogP contribution is -2.40. The predicted octanol–water partition coefficient (Wildman–Crippen LogP) is 2.41. The van der Waals surface area contributed by atoms with Crippen molar-refractivity contribution in [3.63, 3.8) is 0 Å². The van der Waals surface area contributed by atoms with Gasteiger partial charge in [0.15, 0.2) is 5.82 Å². The maximum Gasteiger partial charge on any atom is 0.393 e. The highest BCUT2D eigenvalue weighted by molar-refractivity contribution is 5.94. The zero-order valence-electron chi connectivity index (χ0n) is 13.4. The van der Waals surface area contributed by atoms with Gasteiger partial charge in [-0.2, -0.15) is 18.3 Å². The van der Waals surface area contributed by atoms with Crippen LogP contribution in [0.5, 0.6) is 0 Å². The first-order valence-electron chi connectivity index (χ1n) is 8.07. The van der Waals surface area contributed by atoms with Crippen molar-refractivity contribution in [2.24, 2.45) is 5.92 Å². The third-order valence-corrected chi connectivity index (χ3v) is 4.52. The Balaban J connectivity index is 1.89. The molecule has 1 aliphatic carbocycles. The van der Waals surface area contributed by atoms with Crippen molar-refractivity contribution in [2.45, 2.75) is 32.0 Å². The lowest BCUT2D eigenvalue weighted by atomic mass is 9.79. The van der Waals surface area contributed by atoms with Gasteiger partial charge in [-0.15, -0.1) is 0 Å². The molecular formula is C15H20F3N3O3. The largest absolute Gasteiger partial charge is 0.462 e. The van der Waals surface area contributed by atoms with Crippen LogP contribution in [-0.4, -0.2) is 54.8 Å². The van der Waals surface area contributed by atoms with Crippen molar-refractivity contribution in [3.05, 3.63) is 11.8 Å². The van der Waals surface area contributed by atoms with Gasteiger partial charge >= 0.3 is 12.1 Å². The fraction of sp³-hybridized carbons (Fsp3) is 0.733. The summed E-state index contributed by atoms with van der Waals surface area (Å²) in [6.07, 6.45) is -2.37. The molecule has 134 valence electrons. The zero-order valence-corrected chi connectivity index (χ0v) is 13.4.